The molecule has 3 rings (SSSR count). The molecule has 3 aromatic rings. The van der Waals surface area contributed by atoms with Crippen molar-refractivity contribution in [1.29, 1.82) is 5.26 Å². The van der Waals surface area contributed by atoms with Crippen molar-refractivity contribution in [2.75, 3.05) is 0 Å². The van der Waals surface area contributed by atoms with Gasteiger partial charge < -0.3 is 4.57 Å². The van der Waals surface area contributed by atoms with Gasteiger partial charge >= 0.3 is 0 Å². The van der Waals surface area contributed by atoms with Gasteiger partial charge in [-0.25, -0.2) is 4.98 Å². The zero-order valence-electron chi connectivity index (χ0n) is 11.5. The Labute approximate surface area is 127 Å². The average molecular weight is 297 g/mol. The van der Waals surface area contributed by atoms with Gasteiger partial charge in [0.1, 0.15) is 5.82 Å². The van der Waals surface area contributed by atoms with E-state index in [9.17, 15) is 0 Å². The van der Waals surface area contributed by atoms with E-state index in [4.69, 9.17) is 16.9 Å². The van der Waals surface area contributed by atoms with Crippen molar-refractivity contribution in [3.63, 3.8) is 0 Å². The lowest BCUT2D eigenvalue weighted by atomic mass is 10.2. The van der Waals surface area contributed by atoms with Gasteiger partial charge in [0.25, 0.3) is 0 Å². The van der Waals surface area contributed by atoms with E-state index >= 15 is 0 Å². The highest BCUT2D eigenvalue weighted by Crippen LogP contribution is 2.21. The van der Waals surface area contributed by atoms with Crippen LogP contribution in [0.1, 0.15) is 22.6 Å². The average Bonchev–Trinajstić information content (AvgIpc) is 2.86. The normalized spacial score (nSPS) is 10.7. The number of alkyl halides is 1. The van der Waals surface area contributed by atoms with E-state index in [-0.39, 0.29) is 0 Å². The summed E-state index contributed by atoms with van der Waals surface area (Å²) in [4.78, 5) is 8.95. The quantitative estimate of drug-likeness (QED) is 0.696. The van der Waals surface area contributed by atoms with Crippen LogP contribution >= 0.6 is 11.6 Å². The standard InChI is InChI=1S/C16H13ClN4/c1-11-3-2-6-19-14(11)10-21-15-7-12(9-18)4-5-13(15)20-16(21)8-17/h2-7H,8,10H2,1H3. The van der Waals surface area contributed by atoms with Gasteiger partial charge in [-0.1, -0.05) is 6.07 Å². The number of pyridine rings is 1. The molecule has 104 valence electrons. The SMILES string of the molecule is Cc1cccnc1Cn1c(CCl)nc2ccc(C#N)cc21. The van der Waals surface area contributed by atoms with E-state index in [1.54, 1.807) is 12.3 Å². The minimum Gasteiger partial charge on any atom is -0.321 e. The van der Waals surface area contributed by atoms with E-state index < -0.39 is 0 Å². The zero-order valence-corrected chi connectivity index (χ0v) is 12.3. The van der Waals surface area contributed by atoms with Crippen LogP contribution in [-0.4, -0.2) is 14.5 Å². The molecule has 21 heavy (non-hydrogen) atoms. The summed E-state index contributed by atoms with van der Waals surface area (Å²) < 4.78 is 2.03. The summed E-state index contributed by atoms with van der Waals surface area (Å²) in [6.07, 6.45) is 1.78. The fourth-order valence-corrected chi connectivity index (χ4v) is 2.56. The molecule has 0 N–H and O–H groups in total. The summed E-state index contributed by atoms with van der Waals surface area (Å²) in [5.74, 6) is 1.11. The minimum absolute atomic E-state index is 0.322. The number of nitrogens with zero attached hydrogens (tertiary/aromatic N) is 4. The van der Waals surface area contributed by atoms with Gasteiger partial charge in [0.05, 0.1) is 40.8 Å². The second kappa shape index (κ2) is 5.55. The van der Waals surface area contributed by atoms with Crippen molar-refractivity contribution in [3.8, 4) is 6.07 Å². The molecule has 0 spiro atoms. The molecule has 0 aliphatic heterocycles. The van der Waals surface area contributed by atoms with E-state index in [0.29, 0.717) is 18.0 Å². The molecule has 1 aromatic carbocycles. The molecular weight excluding hydrogens is 284 g/mol. The fourth-order valence-electron chi connectivity index (χ4n) is 2.35. The Morgan fingerprint density at radius 2 is 2.19 bits per heavy atom. The largest absolute Gasteiger partial charge is 0.321 e. The lowest BCUT2D eigenvalue weighted by molar-refractivity contribution is 0.752. The van der Waals surface area contributed by atoms with Crippen LogP contribution in [0.4, 0.5) is 0 Å². The molecule has 0 fully saturated rings. The van der Waals surface area contributed by atoms with Gasteiger partial charge in [0.15, 0.2) is 0 Å². The first-order chi connectivity index (χ1) is 10.2. The summed E-state index contributed by atoms with van der Waals surface area (Å²) in [6.45, 7) is 2.63. The first kappa shape index (κ1) is 13.6. The predicted octanol–water partition coefficient (Wildman–Crippen LogP) is 3.40. The highest BCUT2D eigenvalue weighted by atomic mass is 35.5. The van der Waals surface area contributed by atoms with Crippen molar-refractivity contribution in [2.24, 2.45) is 0 Å². The minimum atomic E-state index is 0.322. The molecule has 0 bridgehead atoms. The van der Waals surface area contributed by atoms with Crippen LogP contribution in [0.2, 0.25) is 0 Å². The summed E-state index contributed by atoms with van der Waals surface area (Å²) in [5.41, 5.74) is 4.47. The van der Waals surface area contributed by atoms with Crippen LogP contribution < -0.4 is 0 Å². The monoisotopic (exact) mass is 296 g/mol. The second-order valence-electron chi connectivity index (χ2n) is 4.83. The van der Waals surface area contributed by atoms with Crippen LogP contribution in [0.3, 0.4) is 0 Å². The second-order valence-corrected chi connectivity index (χ2v) is 5.10. The molecule has 0 atom stereocenters. The maximum absolute atomic E-state index is 9.07. The molecule has 4 nitrogen and oxygen atoms in total. The molecule has 5 heteroatoms. The number of nitriles is 1. The summed E-state index contributed by atoms with van der Waals surface area (Å²) in [7, 11) is 0. The third-order valence-corrected chi connectivity index (χ3v) is 3.74. The Morgan fingerprint density at radius 1 is 1.33 bits per heavy atom. The molecule has 0 aliphatic rings. The summed E-state index contributed by atoms with van der Waals surface area (Å²) >= 11 is 6.01. The molecule has 0 unspecified atom stereocenters. The molecular formula is C16H13ClN4. The van der Waals surface area contributed by atoms with E-state index in [1.807, 2.05) is 35.8 Å². The van der Waals surface area contributed by atoms with Gasteiger partial charge in [0.2, 0.25) is 0 Å². The van der Waals surface area contributed by atoms with Crippen LogP contribution in [0.15, 0.2) is 36.5 Å². The molecule has 0 saturated carbocycles. The molecule has 0 radical (unpaired) electrons. The van der Waals surface area contributed by atoms with Crippen LogP contribution in [-0.2, 0) is 12.4 Å². The van der Waals surface area contributed by atoms with Crippen molar-refractivity contribution in [3.05, 3.63) is 59.2 Å². The predicted molar refractivity (Wildman–Crippen MR) is 82.1 cm³/mol. The van der Waals surface area contributed by atoms with Crippen LogP contribution in [0.5, 0.6) is 0 Å². The third-order valence-electron chi connectivity index (χ3n) is 3.50. The molecule has 0 saturated heterocycles. The number of hydrogen-bond donors (Lipinski definition) is 0. The Morgan fingerprint density at radius 3 is 2.90 bits per heavy atom. The van der Waals surface area contributed by atoms with Crippen molar-refractivity contribution >= 4 is 22.6 Å². The Hall–Kier alpha value is -2.38. The van der Waals surface area contributed by atoms with Gasteiger partial charge in [-0.2, -0.15) is 5.26 Å². The van der Waals surface area contributed by atoms with Gasteiger partial charge in [-0.05, 0) is 36.8 Å². The Kier molecular flexibility index (Phi) is 3.59. The van der Waals surface area contributed by atoms with Crippen molar-refractivity contribution < 1.29 is 0 Å². The maximum Gasteiger partial charge on any atom is 0.125 e. The van der Waals surface area contributed by atoms with Crippen molar-refractivity contribution in [2.45, 2.75) is 19.3 Å². The third kappa shape index (κ3) is 2.48. The van der Waals surface area contributed by atoms with E-state index in [0.717, 1.165) is 28.1 Å². The Balaban J connectivity index is 2.16. The lowest BCUT2D eigenvalue weighted by Crippen LogP contribution is -2.06. The number of imidazole rings is 1. The van der Waals surface area contributed by atoms with Crippen LogP contribution in [0, 0.1) is 18.3 Å². The number of aryl methyl sites for hydroxylation is 1. The first-order valence-electron chi connectivity index (χ1n) is 6.58. The van der Waals surface area contributed by atoms with Gasteiger partial charge in [0, 0.05) is 6.20 Å². The highest BCUT2D eigenvalue weighted by molar-refractivity contribution is 6.16. The smallest absolute Gasteiger partial charge is 0.125 e. The molecule has 2 heterocycles. The molecule has 0 amide bonds. The number of benzene rings is 1. The highest BCUT2D eigenvalue weighted by Gasteiger charge is 2.12. The first-order valence-corrected chi connectivity index (χ1v) is 7.12. The van der Waals surface area contributed by atoms with Crippen molar-refractivity contribution in [1.82, 2.24) is 14.5 Å². The number of aromatic nitrogens is 3. The Bertz CT molecular complexity index is 845. The summed E-state index contributed by atoms with van der Waals surface area (Å²) in [5, 5.41) is 9.07. The van der Waals surface area contributed by atoms with E-state index in [2.05, 4.69) is 16.0 Å². The van der Waals surface area contributed by atoms with Gasteiger partial charge in [-0.15, -0.1) is 11.6 Å². The number of hydrogen-bond acceptors (Lipinski definition) is 3. The topological polar surface area (TPSA) is 54.5 Å². The number of rotatable bonds is 3. The molecule has 0 aliphatic carbocycles. The number of halogens is 1. The van der Waals surface area contributed by atoms with Gasteiger partial charge in [-0.3, -0.25) is 4.98 Å². The van der Waals surface area contributed by atoms with E-state index in [1.165, 1.54) is 0 Å². The molecule has 2 aromatic heterocycles. The maximum atomic E-state index is 9.07. The van der Waals surface area contributed by atoms with Crippen LogP contribution in [0.25, 0.3) is 11.0 Å². The zero-order chi connectivity index (χ0) is 14.8. The number of fused-ring (bicyclic) bond motifs is 1. The fraction of sp³-hybridized carbons (Fsp3) is 0.188. The summed E-state index contributed by atoms with van der Waals surface area (Å²) in [6, 6.07) is 11.6. The lowest BCUT2D eigenvalue weighted by Gasteiger charge is -2.09.